The number of benzene rings is 3. The average molecular weight is 530 g/mol. The van der Waals surface area contributed by atoms with Crippen molar-refractivity contribution >= 4 is 51.9 Å². The Morgan fingerprint density at radius 2 is 1.62 bits per heavy atom. The molecular weight excluding hydrogens is 502 g/mol. The molecule has 1 fully saturated rings. The van der Waals surface area contributed by atoms with E-state index in [0.717, 1.165) is 34.1 Å². The Balaban J connectivity index is 1.48. The zero-order valence-corrected chi connectivity index (χ0v) is 22.3. The van der Waals surface area contributed by atoms with Crippen LogP contribution in [0.25, 0.3) is 0 Å². The molecule has 188 valence electrons. The van der Waals surface area contributed by atoms with Crippen molar-refractivity contribution in [2.24, 2.45) is 4.99 Å². The Kier molecular flexibility index (Phi) is 7.67. The van der Waals surface area contributed by atoms with Gasteiger partial charge in [0.1, 0.15) is 9.93 Å². The molecular formula is C29H27N3O3S2. The van der Waals surface area contributed by atoms with E-state index in [1.54, 1.807) is 47.9 Å². The number of anilines is 1. The van der Waals surface area contributed by atoms with Crippen molar-refractivity contribution in [3.05, 3.63) is 99.9 Å². The van der Waals surface area contributed by atoms with Gasteiger partial charge in [0.2, 0.25) is 0 Å². The third-order valence-electron chi connectivity index (χ3n) is 6.05. The molecule has 1 amide bonds. The predicted molar refractivity (Wildman–Crippen MR) is 151 cm³/mol. The van der Waals surface area contributed by atoms with Crippen LogP contribution in [0.2, 0.25) is 0 Å². The van der Waals surface area contributed by atoms with E-state index in [1.807, 2.05) is 30.3 Å². The normalized spacial score (nSPS) is 18.0. The highest BCUT2D eigenvalue weighted by atomic mass is 32.2. The number of ether oxygens (including phenoxy) is 1. The average Bonchev–Trinajstić information content (AvgIpc) is 3.45. The molecule has 1 saturated heterocycles. The van der Waals surface area contributed by atoms with Crippen LogP contribution in [-0.2, 0) is 16.0 Å². The van der Waals surface area contributed by atoms with Crippen LogP contribution >= 0.6 is 23.5 Å². The second-order valence-corrected chi connectivity index (χ2v) is 10.4. The van der Waals surface area contributed by atoms with E-state index in [9.17, 15) is 9.59 Å². The first-order valence-corrected chi connectivity index (χ1v) is 13.9. The molecule has 0 aromatic heterocycles. The van der Waals surface area contributed by atoms with Crippen molar-refractivity contribution in [3.63, 3.8) is 0 Å². The SMILES string of the molecule is CCOC(=O)c1ccc(N=C2S/C(=C3\Sc4ccccc4N3CC)C(=O)N2CCc2ccccc2)cc1. The molecule has 0 radical (unpaired) electrons. The van der Waals surface area contributed by atoms with Gasteiger partial charge in [-0.25, -0.2) is 9.79 Å². The fraction of sp³-hybridized carbons (Fsp3) is 0.207. The molecule has 2 heterocycles. The van der Waals surface area contributed by atoms with Gasteiger partial charge in [0.05, 0.1) is 23.5 Å². The minimum Gasteiger partial charge on any atom is -0.462 e. The van der Waals surface area contributed by atoms with Gasteiger partial charge in [-0.15, -0.1) is 0 Å². The van der Waals surface area contributed by atoms with Gasteiger partial charge in [0.25, 0.3) is 5.91 Å². The Bertz CT molecular complexity index is 1370. The molecule has 3 aromatic rings. The number of carbonyl (C=O) groups is 2. The van der Waals surface area contributed by atoms with E-state index < -0.39 is 0 Å². The molecule has 0 saturated carbocycles. The van der Waals surface area contributed by atoms with Crippen molar-refractivity contribution in [2.45, 2.75) is 25.2 Å². The molecule has 5 rings (SSSR count). The van der Waals surface area contributed by atoms with Crippen LogP contribution in [0.3, 0.4) is 0 Å². The molecule has 0 N–H and O–H groups in total. The lowest BCUT2D eigenvalue weighted by Crippen LogP contribution is -2.32. The fourth-order valence-corrected chi connectivity index (χ4v) is 6.63. The zero-order valence-electron chi connectivity index (χ0n) is 20.7. The van der Waals surface area contributed by atoms with E-state index in [4.69, 9.17) is 9.73 Å². The lowest BCUT2D eigenvalue weighted by Gasteiger charge is -2.19. The first kappa shape index (κ1) is 25.2. The van der Waals surface area contributed by atoms with Gasteiger partial charge in [0, 0.05) is 18.0 Å². The molecule has 0 aliphatic carbocycles. The van der Waals surface area contributed by atoms with Crippen molar-refractivity contribution in [3.8, 4) is 0 Å². The number of amides is 1. The molecule has 0 unspecified atom stereocenters. The molecule has 37 heavy (non-hydrogen) atoms. The maximum absolute atomic E-state index is 13.8. The molecule has 0 atom stereocenters. The summed E-state index contributed by atoms with van der Waals surface area (Å²) in [6.07, 6.45) is 0.724. The summed E-state index contributed by atoms with van der Waals surface area (Å²) in [6.45, 7) is 5.49. The smallest absolute Gasteiger partial charge is 0.338 e. The number of amidine groups is 1. The maximum atomic E-state index is 13.8. The lowest BCUT2D eigenvalue weighted by molar-refractivity contribution is -0.122. The van der Waals surface area contributed by atoms with E-state index in [-0.39, 0.29) is 11.9 Å². The summed E-state index contributed by atoms with van der Waals surface area (Å²) in [7, 11) is 0. The molecule has 3 aromatic carbocycles. The number of nitrogens with zero attached hydrogens (tertiary/aromatic N) is 3. The summed E-state index contributed by atoms with van der Waals surface area (Å²) in [6, 6.07) is 25.4. The van der Waals surface area contributed by atoms with Gasteiger partial charge in [-0.1, -0.05) is 54.2 Å². The number of thioether (sulfide) groups is 2. The Labute approximate surface area is 225 Å². The number of rotatable bonds is 7. The lowest BCUT2D eigenvalue weighted by atomic mass is 10.1. The largest absolute Gasteiger partial charge is 0.462 e. The summed E-state index contributed by atoms with van der Waals surface area (Å²) in [5.74, 6) is -0.391. The summed E-state index contributed by atoms with van der Waals surface area (Å²) in [4.78, 5) is 36.5. The monoisotopic (exact) mass is 529 g/mol. The van der Waals surface area contributed by atoms with Gasteiger partial charge < -0.3 is 9.64 Å². The number of hydrogen-bond donors (Lipinski definition) is 0. The van der Waals surface area contributed by atoms with Crippen LogP contribution in [0.5, 0.6) is 0 Å². The number of fused-ring (bicyclic) bond motifs is 1. The van der Waals surface area contributed by atoms with Gasteiger partial charge >= 0.3 is 5.97 Å². The van der Waals surface area contributed by atoms with Crippen LogP contribution in [-0.4, -0.2) is 41.6 Å². The van der Waals surface area contributed by atoms with Gasteiger partial charge in [-0.05, 0) is 74.0 Å². The van der Waals surface area contributed by atoms with Gasteiger partial charge in [-0.3, -0.25) is 9.69 Å². The van der Waals surface area contributed by atoms with Crippen molar-refractivity contribution in [1.29, 1.82) is 0 Å². The van der Waals surface area contributed by atoms with Crippen LogP contribution < -0.4 is 4.90 Å². The number of aliphatic imine (C=N–C) groups is 1. The molecule has 0 spiro atoms. The second kappa shape index (κ2) is 11.3. The number of hydrogen-bond acceptors (Lipinski definition) is 7. The Morgan fingerprint density at radius 1 is 0.892 bits per heavy atom. The van der Waals surface area contributed by atoms with Crippen LogP contribution in [0.15, 0.2) is 98.7 Å². The van der Waals surface area contributed by atoms with Crippen molar-refractivity contribution < 1.29 is 14.3 Å². The topological polar surface area (TPSA) is 62.2 Å². The minimum absolute atomic E-state index is 0.0309. The summed E-state index contributed by atoms with van der Waals surface area (Å²) in [5.41, 5.74) is 3.44. The van der Waals surface area contributed by atoms with Crippen LogP contribution in [0, 0.1) is 0 Å². The van der Waals surface area contributed by atoms with Gasteiger partial charge in [0.15, 0.2) is 5.17 Å². The summed E-state index contributed by atoms with van der Waals surface area (Å²) < 4.78 is 5.08. The van der Waals surface area contributed by atoms with Crippen LogP contribution in [0.4, 0.5) is 11.4 Å². The van der Waals surface area contributed by atoms with Crippen LogP contribution in [0.1, 0.15) is 29.8 Å². The highest BCUT2D eigenvalue weighted by molar-refractivity contribution is 8.19. The molecule has 2 aliphatic rings. The van der Waals surface area contributed by atoms with E-state index in [0.29, 0.717) is 34.5 Å². The van der Waals surface area contributed by atoms with E-state index in [1.165, 1.54) is 11.8 Å². The highest BCUT2D eigenvalue weighted by Gasteiger charge is 2.39. The third-order valence-corrected chi connectivity index (χ3v) is 8.43. The molecule has 0 bridgehead atoms. The van der Waals surface area contributed by atoms with Crippen molar-refractivity contribution in [2.75, 3.05) is 24.6 Å². The number of esters is 1. The minimum atomic E-state index is -0.360. The maximum Gasteiger partial charge on any atom is 0.338 e. The van der Waals surface area contributed by atoms with E-state index >= 15 is 0 Å². The number of carbonyl (C=O) groups excluding carboxylic acids is 2. The van der Waals surface area contributed by atoms with E-state index in [2.05, 4.69) is 36.1 Å². The standard InChI is InChI=1S/C29H27N3O3S2/c1-3-31-23-12-8-9-13-24(23)36-27(31)25-26(33)32(19-18-20-10-6-5-7-11-20)29(37-25)30-22-16-14-21(15-17-22)28(34)35-4-2/h5-17H,3-4,18-19H2,1-2H3/b27-25-,30-29?. The summed E-state index contributed by atoms with van der Waals surface area (Å²) >= 11 is 3.05. The number of para-hydroxylation sites is 1. The first-order chi connectivity index (χ1) is 18.1. The molecule has 8 heteroatoms. The van der Waals surface area contributed by atoms with Gasteiger partial charge in [-0.2, -0.15) is 0 Å². The quantitative estimate of drug-likeness (QED) is 0.258. The zero-order chi connectivity index (χ0) is 25.8. The Hall–Kier alpha value is -3.49. The Morgan fingerprint density at radius 3 is 2.35 bits per heavy atom. The third kappa shape index (κ3) is 5.31. The second-order valence-electron chi connectivity index (χ2n) is 8.40. The molecule has 2 aliphatic heterocycles. The summed E-state index contributed by atoms with van der Waals surface area (Å²) in [5, 5.41) is 1.59. The fourth-order valence-electron chi connectivity index (χ4n) is 4.22. The predicted octanol–water partition coefficient (Wildman–Crippen LogP) is 6.47. The molecule has 6 nitrogen and oxygen atoms in total. The highest BCUT2D eigenvalue weighted by Crippen LogP contribution is 2.50. The first-order valence-electron chi connectivity index (χ1n) is 12.3. The van der Waals surface area contributed by atoms with Crippen molar-refractivity contribution in [1.82, 2.24) is 4.90 Å².